The van der Waals surface area contributed by atoms with Crippen LogP contribution in [0.5, 0.6) is 0 Å². The summed E-state index contributed by atoms with van der Waals surface area (Å²) in [4.78, 5) is 13.4. The van der Waals surface area contributed by atoms with Crippen molar-refractivity contribution in [3.05, 3.63) is 48.6 Å². The smallest absolute Gasteiger partial charge is 0.450 e. The van der Waals surface area contributed by atoms with Crippen LogP contribution in [0.1, 0.15) is 181 Å². The van der Waals surface area contributed by atoms with Crippen LogP contribution in [0.3, 0.4) is 0 Å². The lowest BCUT2D eigenvalue weighted by Gasteiger charge is -2.15. The van der Waals surface area contributed by atoms with Gasteiger partial charge in [0, 0.05) is 0 Å². The second-order valence-electron chi connectivity index (χ2n) is 13.9. The summed E-state index contributed by atoms with van der Waals surface area (Å²) in [5.41, 5.74) is 0. The van der Waals surface area contributed by atoms with Crippen LogP contribution in [0.25, 0.3) is 0 Å². The van der Waals surface area contributed by atoms with Gasteiger partial charge in [-0.1, -0.05) is 133 Å². The number of unbranched alkanes of at least 4 members (excludes halogenated alkanes) is 15. The lowest BCUT2D eigenvalue weighted by Crippen LogP contribution is -2.16. The summed E-state index contributed by atoms with van der Waals surface area (Å²) in [5, 5.41) is 9.15. The molecule has 2 unspecified atom stereocenters. The zero-order valence-corrected chi connectivity index (χ0v) is 31.1. The van der Waals surface area contributed by atoms with Crippen molar-refractivity contribution in [1.29, 1.82) is 0 Å². The van der Waals surface area contributed by atoms with Gasteiger partial charge in [-0.15, -0.1) is 0 Å². The maximum atomic E-state index is 11.2. The minimum Gasteiger partial charge on any atom is -0.450 e. The van der Waals surface area contributed by atoms with Gasteiger partial charge in [0.2, 0.25) is 0 Å². The lowest BCUT2D eigenvalue weighted by atomic mass is 9.97. The molecule has 4 nitrogen and oxygen atoms in total. The number of hydrogen-bond donors (Lipinski definition) is 1. The lowest BCUT2D eigenvalue weighted by molar-refractivity contribution is 0.0422. The molecule has 0 aliphatic carbocycles. The van der Waals surface area contributed by atoms with E-state index in [1.165, 1.54) is 129 Å². The van der Waals surface area contributed by atoms with Crippen LogP contribution in [0, 0.1) is 5.92 Å². The van der Waals surface area contributed by atoms with Gasteiger partial charge in [0.25, 0.3) is 0 Å². The summed E-state index contributed by atoms with van der Waals surface area (Å²) in [7, 11) is 4.32. The van der Waals surface area contributed by atoms with Gasteiger partial charge >= 0.3 is 6.16 Å². The van der Waals surface area contributed by atoms with Gasteiger partial charge < -0.3 is 14.7 Å². The highest BCUT2D eigenvalue weighted by molar-refractivity contribution is 5.57. The van der Waals surface area contributed by atoms with Gasteiger partial charge in [0.15, 0.2) is 0 Å². The van der Waals surface area contributed by atoms with Crippen molar-refractivity contribution in [2.24, 2.45) is 5.92 Å². The SMILES string of the molecule is CCCCC/C=C\C/C=C\CCCCCCCC(CCCCCCC/C=C\C/C=C\CCCC(C)CCCCN(C)C)OC(=O)O. The largest absolute Gasteiger partial charge is 0.506 e. The van der Waals surface area contributed by atoms with Crippen molar-refractivity contribution in [3.63, 3.8) is 0 Å². The van der Waals surface area contributed by atoms with E-state index in [9.17, 15) is 4.79 Å². The van der Waals surface area contributed by atoms with Gasteiger partial charge in [0.05, 0.1) is 0 Å². The molecule has 0 saturated heterocycles. The maximum Gasteiger partial charge on any atom is 0.506 e. The summed E-state index contributed by atoms with van der Waals surface area (Å²) in [6, 6.07) is 0. The first-order chi connectivity index (χ1) is 22.5. The fourth-order valence-corrected chi connectivity index (χ4v) is 5.91. The van der Waals surface area contributed by atoms with Crippen LogP contribution >= 0.6 is 0 Å². The average molecular weight is 644 g/mol. The first-order valence-electron chi connectivity index (χ1n) is 19.6. The Hall–Kier alpha value is -1.81. The number of carboxylic acid groups (broad SMARTS) is 1. The van der Waals surface area contributed by atoms with Gasteiger partial charge in [-0.05, 0) is 123 Å². The monoisotopic (exact) mass is 644 g/mol. The van der Waals surface area contributed by atoms with Crippen LogP contribution in [-0.2, 0) is 4.74 Å². The molecule has 0 spiro atoms. The second-order valence-corrected chi connectivity index (χ2v) is 13.9. The van der Waals surface area contributed by atoms with Crippen molar-refractivity contribution in [2.45, 2.75) is 187 Å². The van der Waals surface area contributed by atoms with E-state index in [0.29, 0.717) is 0 Å². The molecule has 0 rings (SSSR count). The summed E-state index contributed by atoms with van der Waals surface area (Å²) in [6.07, 6.45) is 48.5. The molecule has 0 saturated carbocycles. The third kappa shape index (κ3) is 36.7. The number of rotatable bonds is 34. The van der Waals surface area contributed by atoms with Crippen molar-refractivity contribution in [2.75, 3.05) is 20.6 Å². The topological polar surface area (TPSA) is 49.8 Å². The van der Waals surface area contributed by atoms with Crippen molar-refractivity contribution >= 4 is 6.16 Å². The highest BCUT2D eigenvalue weighted by Gasteiger charge is 2.13. The third-order valence-electron chi connectivity index (χ3n) is 8.87. The first kappa shape index (κ1) is 44.2. The van der Waals surface area contributed by atoms with Crippen molar-refractivity contribution in [1.82, 2.24) is 4.90 Å². The molecule has 268 valence electrons. The van der Waals surface area contributed by atoms with Crippen LogP contribution in [0.2, 0.25) is 0 Å². The van der Waals surface area contributed by atoms with E-state index < -0.39 is 6.16 Å². The van der Waals surface area contributed by atoms with Crippen LogP contribution in [0.4, 0.5) is 4.79 Å². The van der Waals surface area contributed by atoms with E-state index in [-0.39, 0.29) is 6.10 Å². The minimum atomic E-state index is -1.12. The molecule has 0 aliphatic rings. The normalized spacial score (nSPS) is 13.7. The Labute approximate surface area is 287 Å². The summed E-state index contributed by atoms with van der Waals surface area (Å²) < 4.78 is 5.20. The van der Waals surface area contributed by atoms with Gasteiger partial charge in [-0.3, -0.25) is 0 Å². The van der Waals surface area contributed by atoms with Gasteiger partial charge in [-0.2, -0.15) is 0 Å². The Kier molecular flexibility index (Phi) is 34.6. The molecule has 0 fully saturated rings. The molecule has 0 bridgehead atoms. The first-order valence-corrected chi connectivity index (χ1v) is 19.6. The van der Waals surface area contributed by atoms with E-state index in [4.69, 9.17) is 9.84 Å². The fourth-order valence-electron chi connectivity index (χ4n) is 5.91. The van der Waals surface area contributed by atoms with E-state index in [1.807, 2.05) is 0 Å². The number of hydrogen-bond acceptors (Lipinski definition) is 3. The highest BCUT2D eigenvalue weighted by atomic mass is 16.7. The Morgan fingerprint density at radius 2 is 0.978 bits per heavy atom. The number of carbonyl (C=O) groups is 1. The summed E-state index contributed by atoms with van der Waals surface area (Å²) in [5.74, 6) is 0.857. The van der Waals surface area contributed by atoms with Crippen LogP contribution in [-0.4, -0.2) is 42.9 Å². The molecule has 0 heterocycles. The second kappa shape index (κ2) is 36.0. The number of allylic oxidation sites excluding steroid dienone is 8. The number of nitrogens with zero attached hydrogens (tertiary/aromatic N) is 1. The van der Waals surface area contributed by atoms with Crippen molar-refractivity contribution < 1.29 is 14.6 Å². The van der Waals surface area contributed by atoms with Crippen LogP contribution < -0.4 is 0 Å². The van der Waals surface area contributed by atoms with Crippen molar-refractivity contribution in [3.8, 4) is 0 Å². The zero-order valence-electron chi connectivity index (χ0n) is 31.1. The molecule has 0 aromatic heterocycles. The quantitative estimate of drug-likeness (QED) is 0.0430. The highest BCUT2D eigenvalue weighted by Crippen LogP contribution is 2.18. The molecule has 0 aromatic carbocycles. The average Bonchev–Trinajstić information content (AvgIpc) is 3.02. The Bertz CT molecular complexity index is 754. The predicted octanol–water partition coefficient (Wildman–Crippen LogP) is 13.6. The molecule has 2 atom stereocenters. The molecule has 0 radical (unpaired) electrons. The van der Waals surface area contributed by atoms with E-state index >= 15 is 0 Å². The fraction of sp³-hybridized carbons (Fsp3) is 0.786. The molecular formula is C42H77NO3. The van der Waals surface area contributed by atoms with E-state index in [2.05, 4.69) is 81.5 Å². The molecule has 46 heavy (non-hydrogen) atoms. The predicted molar refractivity (Wildman–Crippen MR) is 203 cm³/mol. The molecule has 4 heteroatoms. The maximum absolute atomic E-state index is 11.2. The molecule has 0 amide bonds. The van der Waals surface area contributed by atoms with Crippen LogP contribution in [0.15, 0.2) is 48.6 Å². The third-order valence-corrected chi connectivity index (χ3v) is 8.87. The standard InChI is InChI=1S/C42H77NO3/c1-5-6-7-8-9-10-11-12-13-16-19-22-25-28-31-37-41(46-42(44)45)38-32-29-26-23-20-17-14-15-18-21-24-27-30-35-40(2)36-33-34-39-43(3)4/h9-10,12-15,21,24,40-41H,5-8,11,16-20,22-23,25-39H2,1-4H3,(H,44,45)/b10-9-,13-12-,15-14-,24-21-. The summed E-state index contributed by atoms with van der Waals surface area (Å²) in [6.45, 7) is 5.87. The van der Waals surface area contributed by atoms with Gasteiger partial charge in [0.1, 0.15) is 6.10 Å². The molecule has 1 N–H and O–H groups in total. The minimum absolute atomic E-state index is 0.132. The zero-order chi connectivity index (χ0) is 33.8. The van der Waals surface area contributed by atoms with E-state index in [1.54, 1.807) is 0 Å². The Morgan fingerprint density at radius 1 is 0.565 bits per heavy atom. The molecular weight excluding hydrogens is 566 g/mol. The summed E-state index contributed by atoms with van der Waals surface area (Å²) >= 11 is 0. The Balaban J connectivity index is 3.67. The molecule has 0 aromatic rings. The van der Waals surface area contributed by atoms with E-state index in [0.717, 1.165) is 50.9 Å². The Morgan fingerprint density at radius 3 is 1.46 bits per heavy atom. The van der Waals surface area contributed by atoms with Gasteiger partial charge in [-0.25, -0.2) is 4.79 Å². The molecule has 0 aliphatic heterocycles. The number of ether oxygens (including phenoxy) is 1.